The van der Waals surface area contributed by atoms with Crippen molar-refractivity contribution in [2.75, 3.05) is 126 Å². The van der Waals surface area contributed by atoms with Crippen LogP contribution in [-0.2, 0) is 57.2 Å². The van der Waals surface area contributed by atoms with Gasteiger partial charge in [-0.15, -0.1) is 0 Å². The summed E-state index contributed by atoms with van der Waals surface area (Å²) in [5, 5.41) is 0. The molecule has 0 aromatic rings. The summed E-state index contributed by atoms with van der Waals surface area (Å²) in [4.78, 5) is 0. The minimum absolute atomic E-state index is 0.0373. The van der Waals surface area contributed by atoms with E-state index in [-0.39, 0.29) is 19.8 Å². The summed E-state index contributed by atoms with van der Waals surface area (Å²) in [5.41, 5.74) is 0. The van der Waals surface area contributed by atoms with Crippen LogP contribution in [0.5, 0.6) is 0 Å². The second kappa shape index (κ2) is 39.0. The third kappa shape index (κ3) is 43.5. The molecule has 0 aromatic carbocycles. The van der Waals surface area contributed by atoms with Crippen LogP contribution in [0.3, 0.4) is 0 Å². The highest BCUT2D eigenvalue weighted by Crippen LogP contribution is 2.11. The monoisotopic (exact) mass is 690 g/mol. The molecule has 0 aliphatic heterocycles. The molecular formula is C32H66O13S. The molecule has 0 unspecified atom stereocenters. The van der Waals surface area contributed by atoms with E-state index in [1.54, 1.807) is 0 Å². The zero-order valence-corrected chi connectivity index (χ0v) is 29.5. The van der Waals surface area contributed by atoms with Gasteiger partial charge >= 0.3 is 10.4 Å². The zero-order chi connectivity index (χ0) is 33.5. The SMILES string of the molecule is CCCCCCCCCCCCCCOCCOCCOCCOCCOCCOCCOCCOCCOCCOS(=O)(=O)O. The van der Waals surface area contributed by atoms with Crippen LogP contribution in [0.15, 0.2) is 0 Å². The van der Waals surface area contributed by atoms with Crippen molar-refractivity contribution in [3.05, 3.63) is 0 Å². The quantitative estimate of drug-likeness (QED) is 0.0702. The molecule has 13 nitrogen and oxygen atoms in total. The standard InChI is InChI=1S/C32H66O13S/c1-2-3-4-5-6-7-8-9-10-11-12-13-14-36-15-16-37-17-18-38-19-20-39-21-22-40-23-24-41-25-26-42-27-28-43-29-30-44-31-32-45-46(33,34)35/h2-32H2,1H3,(H,33,34,35). The molecular weight excluding hydrogens is 624 g/mol. The Kier molecular flexibility index (Phi) is 38.5. The first-order valence-electron chi connectivity index (χ1n) is 17.4. The van der Waals surface area contributed by atoms with Gasteiger partial charge in [0.1, 0.15) is 0 Å². The Morgan fingerprint density at radius 3 is 0.804 bits per heavy atom. The van der Waals surface area contributed by atoms with Gasteiger partial charge in [0.25, 0.3) is 0 Å². The molecule has 0 fully saturated rings. The first-order chi connectivity index (χ1) is 22.6. The number of ether oxygens (including phenoxy) is 9. The minimum Gasteiger partial charge on any atom is -0.379 e. The number of rotatable bonds is 41. The van der Waals surface area contributed by atoms with Crippen molar-refractivity contribution < 1.29 is 59.8 Å². The van der Waals surface area contributed by atoms with Crippen molar-refractivity contribution >= 4 is 10.4 Å². The van der Waals surface area contributed by atoms with Crippen molar-refractivity contribution in [3.63, 3.8) is 0 Å². The van der Waals surface area contributed by atoms with Gasteiger partial charge in [-0.25, -0.2) is 4.18 Å². The molecule has 0 aliphatic carbocycles. The molecule has 0 spiro atoms. The van der Waals surface area contributed by atoms with Crippen molar-refractivity contribution in [2.24, 2.45) is 0 Å². The second-order valence-corrected chi connectivity index (χ2v) is 11.7. The normalized spacial score (nSPS) is 12.0. The lowest BCUT2D eigenvalue weighted by Crippen LogP contribution is -2.15. The summed E-state index contributed by atoms with van der Waals surface area (Å²) >= 11 is 0. The number of hydrogen-bond donors (Lipinski definition) is 1. The smallest absolute Gasteiger partial charge is 0.379 e. The molecule has 0 saturated heterocycles. The van der Waals surface area contributed by atoms with E-state index in [0.717, 1.165) is 13.0 Å². The lowest BCUT2D eigenvalue weighted by Gasteiger charge is -2.09. The third-order valence-electron chi connectivity index (χ3n) is 6.58. The summed E-state index contributed by atoms with van der Waals surface area (Å²) < 4.78 is 82.0. The maximum atomic E-state index is 10.3. The van der Waals surface area contributed by atoms with Crippen LogP contribution in [0.1, 0.15) is 84.0 Å². The number of hydrogen-bond acceptors (Lipinski definition) is 12. The van der Waals surface area contributed by atoms with Crippen LogP contribution in [0.25, 0.3) is 0 Å². The van der Waals surface area contributed by atoms with E-state index in [2.05, 4.69) is 11.1 Å². The van der Waals surface area contributed by atoms with Gasteiger partial charge in [-0.2, -0.15) is 8.42 Å². The first kappa shape index (κ1) is 45.5. The molecule has 14 heteroatoms. The Hall–Kier alpha value is -0.490. The van der Waals surface area contributed by atoms with Crippen LogP contribution >= 0.6 is 0 Å². The van der Waals surface area contributed by atoms with Gasteiger partial charge in [0, 0.05) is 6.61 Å². The fourth-order valence-corrected chi connectivity index (χ4v) is 4.38. The predicted octanol–water partition coefficient (Wildman–Crippen LogP) is 4.66. The highest BCUT2D eigenvalue weighted by Gasteiger charge is 2.03. The predicted molar refractivity (Wildman–Crippen MR) is 176 cm³/mol. The van der Waals surface area contributed by atoms with Gasteiger partial charge < -0.3 is 42.6 Å². The molecule has 278 valence electrons. The maximum absolute atomic E-state index is 10.3. The maximum Gasteiger partial charge on any atom is 0.397 e. The van der Waals surface area contributed by atoms with Crippen LogP contribution in [0.2, 0.25) is 0 Å². The van der Waals surface area contributed by atoms with Crippen LogP contribution < -0.4 is 0 Å². The van der Waals surface area contributed by atoms with Crippen LogP contribution in [0.4, 0.5) is 0 Å². The molecule has 0 saturated carbocycles. The molecule has 1 N–H and O–H groups in total. The van der Waals surface area contributed by atoms with Crippen molar-refractivity contribution in [2.45, 2.75) is 84.0 Å². The Balaban J connectivity index is 3.06. The Bertz CT molecular complexity index is 670. The first-order valence-corrected chi connectivity index (χ1v) is 18.7. The van der Waals surface area contributed by atoms with E-state index in [9.17, 15) is 8.42 Å². The van der Waals surface area contributed by atoms with E-state index in [1.807, 2.05) is 0 Å². The van der Waals surface area contributed by atoms with Gasteiger partial charge in [-0.1, -0.05) is 77.6 Å². The third-order valence-corrected chi connectivity index (χ3v) is 7.04. The van der Waals surface area contributed by atoms with E-state index in [4.69, 9.17) is 47.2 Å². The zero-order valence-electron chi connectivity index (χ0n) is 28.7. The molecule has 0 amide bonds. The molecule has 0 heterocycles. The Morgan fingerprint density at radius 2 is 0.543 bits per heavy atom. The molecule has 0 aliphatic rings. The van der Waals surface area contributed by atoms with E-state index < -0.39 is 10.4 Å². The average molecular weight is 691 g/mol. The summed E-state index contributed by atoms with van der Waals surface area (Å²) in [6.45, 7) is 10.6. The fraction of sp³-hybridized carbons (Fsp3) is 1.00. The molecule has 0 aromatic heterocycles. The molecule has 46 heavy (non-hydrogen) atoms. The van der Waals surface area contributed by atoms with Gasteiger partial charge in [0.05, 0.1) is 119 Å². The Labute approximate surface area is 279 Å². The molecule has 0 bridgehead atoms. The van der Waals surface area contributed by atoms with Crippen LogP contribution in [-0.4, -0.2) is 139 Å². The van der Waals surface area contributed by atoms with E-state index >= 15 is 0 Å². The van der Waals surface area contributed by atoms with Crippen molar-refractivity contribution in [1.29, 1.82) is 0 Å². The number of unbranched alkanes of at least 4 members (excludes halogenated alkanes) is 11. The minimum atomic E-state index is -4.42. The van der Waals surface area contributed by atoms with Gasteiger partial charge in [0.2, 0.25) is 0 Å². The highest BCUT2D eigenvalue weighted by molar-refractivity contribution is 7.80. The lowest BCUT2D eigenvalue weighted by molar-refractivity contribution is -0.0254. The summed E-state index contributed by atoms with van der Waals surface area (Å²) in [6, 6.07) is 0. The molecule has 0 atom stereocenters. The molecule has 0 radical (unpaired) electrons. The van der Waals surface area contributed by atoms with Gasteiger partial charge in [-0.05, 0) is 6.42 Å². The fourth-order valence-electron chi connectivity index (χ4n) is 4.10. The van der Waals surface area contributed by atoms with Gasteiger partial charge in [-0.3, -0.25) is 4.55 Å². The Morgan fingerprint density at radius 1 is 0.326 bits per heavy atom. The van der Waals surface area contributed by atoms with E-state index in [1.165, 1.54) is 70.6 Å². The van der Waals surface area contributed by atoms with Crippen molar-refractivity contribution in [1.82, 2.24) is 0 Å². The highest BCUT2D eigenvalue weighted by atomic mass is 32.3. The summed E-state index contributed by atoms with van der Waals surface area (Å²) in [7, 11) is -4.42. The summed E-state index contributed by atoms with van der Waals surface area (Å²) in [6.07, 6.45) is 16.2. The van der Waals surface area contributed by atoms with Crippen LogP contribution in [0, 0.1) is 0 Å². The largest absolute Gasteiger partial charge is 0.397 e. The second-order valence-electron chi connectivity index (χ2n) is 10.7. The van der Waals surface area contributed by atoms with Gasteiger partial charge in [0.15, 0.2) is 0 Å². The van der Waals surface area contributed by atoms with E-state index in [0.29, 0.717) is 99.1 Å². The molecule has 0 rings (SSSR count). The topological polar surface area (TPSA) is 147 Å². The lowest BCUT2D eigenvalue weighted by atomic mass is 10.1. The summed E-state index contributed by atoms with van der Waals surface area (Å²) in [5.74, 6) is 0. The average Bonchev–Trinajstić information content (AvgIpc) is 3.03. The van der Waals surface area contributed by atoms with Crippen molar-refractivity contribution in [3.8, 4) is 0 Å².